The fourth-order valence-corrected chi connectivity index (χ4v) is 3.18. The molecule has 1 atom stereocenters. The highest BCUT2D eigenvalue weighted by atomic mass is 32.2. The monoisotopic (exact) mass is 372 g/mol. The lowest BCUT2D eigenvalue weighted by Crippen LogP contribution is -2.15. The number of nitrogens with two attached hydrogens (primary N) is 1. The van der Waals surface area contributed by atoms with Gasteiger partial charge in [-0.15, -0.1) is 11.8 Å². The molecule has 0 aliphatic heterocycles. The Morgan fingerprint density at radius 3 is 2.54 bits per heavy atom. The van der Waals surface area contributed by atoms with E-state index >= 15 is 0 Å². The summed E-state index contributed by atoms with van der Waals surface area (Å²) in [6.45, 7) is -0.431. The van der Waals surface area contributed by atoms with Crippen LogP contribution < -0.4 is 10.5 Å². The van der Waals surface area contributed by atoms with Crippen LogP contribution in [-0.2, 0) is 0 Å². The number of methoxy groups -OCH3 is 1. The van der Waals surface area contributed by atoms with Crippen LogP contribution in [0, 0.1) is 22.7 Å². The van der Waals surface area contributed by atoms with E-state index in [-0.39, 0.29) is 44.8 Å². The molecule has 134 valence electrons. The maximum atomic E-state index is 10.0. The van der Waals surface area contributed by atoms with E-state index in [1.54, 1.807) is 6.07 Å². The van der Waals surface area contributed by atoms with Crippen molar-refractivity contribution in [3.05, 3.63) is 29.3 Å². The number of thioether (sulfide) groups is 1. The molecule has 1 aromatic heterocycles. The number of ether oxygens (including phenoxy) is 1. The summed E-state index contributed by atoms with van der Waals surface area (Å²) < 4.78 is 5.00. The first-order valence-electron chi connectivity index (χ1n) is 7.39. The maximum Gasteiger partial charge on any atom is 0.160 e. The summed E-state index contributed by atoms with van der Waals surface area (Å²) in [5, 5.41) is 47.8. The number of rotatable bonds is 6. The Hall–Kier alpha value is -2.98. The third-order valence-corrected chi connectivity index (χ3v) is 4.63. The van der Waals surface area contributed by atoms with Crippen molar-refractivity contribution in [2.75, 3.05) is 25.2 Å². The summed E-state index contributed by atoms with van der Waals surface area (Å²) in [4.78, 5) is 4.08. The zero-order valence-corrected chi connectivity index (χ0v) is 14.6. The average molecular weight is 372 g/mol. The maximum absolute atomic E-state index is 10.0. The van der Waals surface area contributed by atoms with Crippen molar-refractivity contribution < 1.29 is 20.1 Å². The van der Waals surface area contributed by atoms with Crippen LogP contribution in [0.2, 0.25) is 0 Å². The minimum atomic E-state index is -0.987. The van der Waals surface area contributed by atoms with Crippen LogP contribution in [0.3, 0.4) is 0 Å². The average Bonchev–Trinajstić information content (AvgIpc) is 2.65. The molecule has 26 heavy (non-hydrogen) atoms. The highest BCUT2D eigenvalue weighted by Gasteiger charge is 2.22. The molecule has 0 saturated carbocycles. The smallest absolute Gasteiger partial charge is 0.160 e. The minimum absolute atomic E-state index is 0.0122. The number of benzene rings is 1. The summed E-state index contributed by atoms with van der Waals surface area (Å²) in [6.07, 6.45) is -0.987. The third kappa shape index (κ3) is 3.81. The molecule has 0 bridgehead atoms. The number of pyridine rings is 1. The minimum Gasteiger partial charge on any atom is -0.504 e. The topological polar surface area (TPSA) is 156 Å². The number of aliphatic hydroxyl groups excluding tert-OH is 2. The predicted octanol–water partition coefficient (Wildman–Crippen LogP) is 1.23. The first-order valence-corrected chi connectivity index (χ1v) is 8.38. The fourth-order valence-electron chi connectivity index (χ4n) is 2.26. The molecule has 2 aromatic rings. The molecule has 0 spiro atoms. The van der Waals surface area contributed by atoms with E-state index in [4.69, 9.17) is 15.6 Å². The van der Waals surface area contributed by atoms with Crippen molar-refractivity contribution in [3.8, 4) is 34.8 Å². The van der Waals surface area contributed by atoms with Gasteiger partial charge in [-0.25, -0.2) is 4.98 Å². The van der Waals surface area contributed by atoms with E-state index in [0.717, 1.165) is 11.8 Å². The summed E-state index contributed by atoms with van der Waals surface area (Å²) in [5.41, 5.74) is 6.61. The standard InChI is InChI=1S/C17H16N4O4S/c1-25-14-3-2-9(4-13(14)24)15-11(5-18)16(20)21-17(12(15)6-19)26-8-10(23)7-22/h2-4,10,22-24H,7-8H2,1H3,(H2,20,21). The summed E-state index contributed by atoms with van der Waals surface area (Å²) in [6, 6.07) is 8.41. The van der Waals surface area contributed by atoms with Gasteiger partial charge in [0.2, 0.25) is 0 Å². The molecular formula is C17H16N4O4S. The van der Waals surface area contributed by atoms with Gasteiger partial charge in [0.15, 0.2) is 11.5 Å². The molecule has 8 nitrogen and oxygen atoms in total. The Bertz CT molecular complexity index is 905. The lowest BCUT2D eigenvalue weighted by atomic mass is 9.96. The quantitative estimate of drug-likeness (QED) is 0.547. The van der Waals surface area contributed by atoms with Gasteiger partial charge in [-0.3, -0.25) is 0 Å². The van der Waals surface area contributed by atoms with Crippen LogP contribution in [0.5, 0.6) is 11.5 Å². The molecule has 2 rings (SSSR count). The van der Waals surface area contributed by atoms with E-state index < -0.39 is 12.7 Å². The molecule has 1 unspecified atom stereocenters. The van der Waals surface area contributed by atoms with E-state index in [9.17, 15) is 20.7 Å². The largest absolute Gasteiger partial charge is 0.504 e. The SMILES string of the molecule is COc1ccc(-c2c(C#N)c(N)nc(SCC(O)CO)c2C#N)cc1O. The van der Waals surface area contributed by atoms with Crippen LogP contribution in [0.15, 0.2) is 23.2 Å². The summed E-state index contributed by atoms with van der Waals surface area (Å²) >= 11 is 1.04. The van der Waals surface area contributed by atoms with Crippen molar-refractivity contribution in [2.45, 2.75) is 11.1 Å². The van der Waals surface area contributed by atoms with Crippen molar-refractivity contribution in [1.29, 1.82) is 10.5 Å². The van der Waals surface area contributed by atoms with Gasteiger partial charge in [0.25, 0.3) is 0 Å². The lowest BCUT2D eigenvalue weighted by molar-refractivity contribution is 0.113. The Labute approximate surface area is 154 Å². The van der Waals surface area contributed by atoms with E-state index in [1.165, 1.54) is 19.2 Å². The molecule has 0 saturated heterocycles. The first-order chi connectivity index (χ1) is 12.5. The molecule has 0 fully saturated rings. The van der Waals surface area contributed by atoms with E-state index in [1.807, 2.05) is 12.1 Å². The van der Waals surface area contributed by atoms with Gasteiger partial charge in [0, 0.05) is 11.3 Å². The highest BCUT2D eigenvalue weighted by Crippen LogP contribution is 2.38. The van der Waals surface area contributed by atoms with Gasteiger partial charge in [-0.1, -0.05) is 6.07 Å². The van der Waals surface area contributed by atoms with Gasteiger partial charge in [-0.2, -0.15) is 10.5 Å². The molecule has 0 aliphatic carbocycles. The number of aliphatic hydroxyl groups is 2. The van der Waals surface area contributed by atoms with Crippen LogP contribution in [0.1, 0.15) is 11.1 Å². The van der Waals surface area contributed by atoms with E-state index in [2.05, 4.69) is 4.98 Å². The van der Waals surface area contributed by atoms with Crippen LogP contribution in [0.25, 0.3) is 11.1 Å². The number of hydrogen-bond donors (Lipinski definition) is 4. The Morgan fingerprint density at radius 2 is 2.00 bits per heavy atom. The van der Waals surface area contributed by atoms with Crippen molar-refractivity contribution in [1.82, 2.24) is 4.98 Å². The number of anilines is 1. The van der Waals surface area contributed by atoms with Gasteiger partial charge in [-0.05, 0) is 17.7 Å². The molecule has 1 aromatic carbocycles. The second-order valence-corrected chi connectivity index (χ2v) is 6.19. The van der Waals surface area contributed by atoms with Gasteiger partial charge >= 0.3 is 0 Å². The Balaban J connectivity index is 2.66. The Kier molecular flexibility index (Phi) is 6.26. The molecule has 5 N–H and O–H groups in total. The third-order valence-electron chi connectivity index (χ3n) is 3.51. The molecule has 0 amide bonds. The van der Waals surface area contributed by atoms with Crippen LogP contribution in [-0.4, -0.2) is 45.9 Å². The zero-order chi connectivity index (χ0) is 19.3. The van der Waals surface area contributed by atoms with Crippen molar-refractivity contribution >= 4 is 17.6 Å². The lowest BCUT2D eigenvalue weighted by Gasteiger charge is -2.14. The molecule has 0 radical (unpaired) electrons. The van der Waals surface area contributed by atoms with E-state index in [0.29, 0.717) is 5.56 Å². The second kappa shape index (κ2) is 8.41. The normalized spacial score (nSPS) is 11.4. The summed E-state index contributed by atoms with van der Waals surface area (Å²) in [7, 11) is 1.40. The van der Waals surface area contributed by atoms with Crippen LogP contribution >= 0.6 is 11.8 Å². The number of phenols is 1. The van der Waals surface area contributed by atoms with Gasteiger partial charge < -0.3 is 25.8 Å². The van der Waals surface area contributed by atoms with Gasteiger partial charge in [0.05, 0.1) is 25.4 Å². The number of aromatic nitrogens is 1. The first kappa shape index (κ1) is 19.3. The molecule has 0 aliphatic rings. The highest BCUT2D eigenvalue weighted by molar-refractivity contribution is 7.99. The molecule has 1 heterocycles. The predicted molar refractivity (Wildman–Crippen MR) is 95.5 cm³/mol. The van der Waals surface area contributed by atoms with Crippen LogP contribution in [0.4, 0.5) is 5.82 Å². The molecule has 9 heteroatoms. The Morgan fingerprint density at radius 1 is 1.31 bits per heavy atom. The number of phenolic OH excluding ortho intramolecular Hbond substituents is 1. The van der Waals surface area contributed by atoms with Gasteiger partial charge in [0.1, 0.15) is 28.5 Å². The number of nitrogens with zero attached hydrogens (tertiary/aromatic N) is 3. The number of nitrogen functional groups attached to an aromatic ring is 1. The zero-order valence-electron chi connectivity index (χ0n) is 13.8. The second-order valence-electron chi connectivity index (χ2n) is 5.18. The van der Waals surface area contributed by atoms with Crippen molar-refractivity contribution in [2.24, 2.45) is 0 Å². The fraction of sp³-hybridized carbons (Fsp3) is 0.235. The summed E-state index contributed by atoms with van der Waals surface area (Å²) in [5.74, 6) is 0.112. The number of hydrogen-bond acceptors (Lipinski definition) is 9. The number of nitriles is 2. The number of aromatic hydroxyl groups is 1. The van der Waals surface area contributed by atoms with Crippen molar-refractivity contribution in [3.63, 3.8) is 0 Å². The molecular weight excluding hydrogens is 356 g/mol.